The fourth-order valence-electron chi connectivity index (χ4n) is 3.27. The van der Waals surface area contributed by atoms with Crippen molar-refractivity contribution >= 4 is 11.6 Å². The molecule has 2 atom stereocenters. The van der Waals surface area contributed by atoms with Gasteiger partial charge in [0.2, 0.25) is 5.91 Å². The predicted molar refractivity (Wildman–Crippen MR) is 92.0 cm³/mol. The number of rotatable bonds is 5. The minimum absolute atomic E-state index is 0.0495. The molecule has 1 amide bonds. The third-order valence-corrected chi connectivity index (χ3v) is 4.66. The van der Waals surface area contributed by atoms with Crippen LogP contribution in [0.4, 0.5) is 5.69 Å². The van der Waals surface area contributed by atoms with Gasteiger partial charge in [-0.05, 0) is 48.9 Å². The first kappa shape index (κ1) is 17.0. The Labute approximate surface area is 134 Å². The van der Waals surface area contributed by atoms with E-state index in [1.165, 1.54) is 12.0 Å². The Bertz CT molecular complexity index is 501. The summed E-state index contributed by atoms with van der Waals surface area (Å²) in [4.78, 5) is 14.6. The Kier molecular flexibility index (Phi) is 5.98. The van der Waals surface area contributed by atoms with Gasteiger partial charge in [0, 0.05) is 18.3 Å². The quantitative estimate of drug-likeness (QED) is 0.879. The molecule has 1 saturated heterocycles. The lowest BCUT2D eigenvalue weighted by molar-refractivity contribution is -0.118. The largest absolute Gasteiger partial charge is 0.329 e. The van der Waals surface area contributed by atoms with E-state index >= 15 is 0 Å². The molecule has 1 fully saturated rings. The lowest BCUT2D eigenvalue weighted by Gasteiger charge is -2.38. The summed E-state index contributed by atoms with van der Waals surface area (Å²) >= 11 is 0. The molecule has 0 radical (unpaired) electrons. The standard InChI is InChI=1S/C18H29N3O/c1-13(2)15-7-4-8-16(10-15)20-18(22)12-21-9-5-6-14(3)17(21)11-19/h4,7-8,10,13-14,17H,5-6,9,11-12,19H2,1-3H3,(H,20,22). The van der Waals surface area contributed by atoms with Crippen molar-refractivity contribution in [2.45, 2.75) is 45.6 Å². The number of benzene rings is 1. The second kappa shape index (κ2) is 7.75. The van der Waals surface area contributed by atoms with Gasteiger partial charge in [-0.2, -0.15) is 0 Å². The maximum Gasteiger partial charge on any atom is 0.238 e. The number of carbonyl (C=O) groups excluding carboxylic acids is 1. The van der Waals surface area contributed by atoms with E-state index in [0.29, 0.717) is 31.0 Å². The summed E-state index contributed by atoms with van der Waals surface area (Å²) in [5.41, 5.74) is 8.01. The van der Waals surface area contributed by atoms with Crippen LogP contribution in [0.3, 0.4) is 0 Å². The number of amides is 1. The van der Waals surface area contributed by atoms with Crippen LogP contribution in [0.25, 0.3) is 0 Å². The monoisotopic (exact) mass is 303 g/mol. The first-order valence-corrected chi connectivity index (χ1v) is 8.35. The summed E-state index contributed by atoms with van der Waals surface area (Å²) in [7, 11) is 0. The first-order chi connectivity index (χ1) is 10.5. The summed E-state index contributed by atoms with van der Waals surface area (Å²) in [5.74, 6) is 1.07. The molecule has 1 heterocycles. The maximum absolute atomic E-state index is 12.3. The lowest BCUT2D eigenvalue weighted by Crippen LogP contribution is -2.51. The third kappa shape index (κ3) is 4.31. The van der Waals surface area contributed by atoms with Gasteiger partial charge >= 0.3 is 0 Å². The van der Waals surface area contributed by atoms with Gasteiger partial charge in [-0.25, -0.2) is 0 Å². The van der Waals surface area contributed by atoms with Gasteiger partial charge in [0.1, 0.15) is 0 Å². The van der Waals surface area contributed by atoms with Crippen LogP contribution in [0.1, 0.15) is 45.1 Å². The van der Waals surface area contributed by atoms with Crippen LogP contribution >= 0.6 is 0 Å². The van der Waals surface area contributed by atoms with Crippen molar-refractivity contribution in [1.29, 1.82) is 0 Å². The molecule has 1 aromatic carbocycles. The number of nitrogens with one attached hydrogen (secondary N) is 1. The first-order valence-electron chi connectivity index (χ1n) is 8.35. The molecule has 22 heavy (non-hydrogen) atoms. The van der Waals surface area contributed by atoms with Crippen LogP contribution in [-0.2, 0) is 4.79 Å². The molecule has 4 nitrogen and oxygen atoms in total. The molecule has 1 aliphatic rings. The number of carbonyl (C=O) groups is 1. The Morgan fingerprint density at radius 1 is 1.45 bits per heavy atom. The fourth-order valence-corrected chi connectivity index (χ4v) is 3.27. The van der Waals surface area contributed by atoms with Gasteiger partial charge in [-0.3, -0.25) is 9.69 Å². The SMILES string of the molecule is CC(C)c1cccc(NC(=O)CN2CCCC(C)C2CN)c1. The van der Waals surface area contributed by atoms with E-state index in [-0.39, 0.29) is 5.91 Å². The summed E-state index contributed by atoms with van der Waals surface area (Å²) in [6, 6.07) is 8.42. The number of piperidine rings is 1. The van der Waals surface area contributed by atoms with E-state index in [1.807, 2.05) is 12.1 Å². The number of anilines is 1. The van der Waals surface area contributed by atoms with Gasteiger partial charge in [0.15, 0.2) is 0 Å². The van der Waals surface area contributed by atoms with Crippen molar-refractivity contribution in [3.63, 3.8) is 0 Å². The Balaban J connectivity index is 1.96. The van der Waals surface area contributed by atoms with Crippen molar-refractivity contribution in [1.82, 2.24) is 4.90 Å². The Morgan fingerprint density at radius 3 is 2.91 bits per heavy atom. The molecule has 122 valence electrons. The molecule has 1 aromatic rings. The van der Waals surface area contributed by atoms with Crippen LogP contribution in [0.5, 0.6) is 0 Å². The number of hydrogen-bond acceptors (Lipinski definition) is 3. The maximum atomic E-state index is 12.3. The topological polar surface area (TPSA) is 58.4 Å². The molecule has 4 heteroatoms. The normalized spacial score (nSPS) is 22.8. The molecule has 0 aromatic heterocycles. The van der Waals surface area contributed by atoms with Crippen molar-refractivity contribution < 1.29 is 4.79 Å². The van der Waals surface area contributed by atoms with Crippen LogP contribution < -0.4 is 11.1 Å². The molecule has 0 saturated carbocycles. The molecule has 0 bridgehead atoms. The zero-order valence-electron chi connectivity index (χ0n) is 14.0. The zero-order chi connectivity index (χ0) is 16.1. The molecular weight excluding hydrogens is 274 g/mol. The molecule has 1 aliphatic heterocycles. The van der Waals surface area contributed by atoms with Gasteiger partial charge in [0.25, 0.3) is 0 Å². The van der Waals surface area contributed by atoms with Crippen LogP contribution in [-0.4, -0.2) is 36.5 Å². The Morgan fingerprint density at radius 2 is 2.23 bits per heavy atom. The minimum Gasteiger partial charge on any atom is -0.329 e. The van der Waals surface area contributed by atoms with E-state index in [0.717, 1.165) is 18.7 Å². The third-order valence-electron chi connectivity index (χ3n) is 4.66. The van der Waals surface area contributed by atoms with Gasteiger partial charge in [0.05, 0.1) is 6.54 Å². The Hall–Kier alpha value is -1.39. The molecular formula is C18H29N3O. The predicted octanol–water partition coefficient (Wildman–Crippen LogP) is 2.81. The highest BCUT2D eigenvalue weighted by atomic mass is 16.2. The van der Waals surface area contributed by atoms with E-state index in [2.05, 4.69) is 43.1 Å². The van der Waals surface area contributed by atoms with Crippen molar-refractivity contribution in [2.24, 2.45) is 11.7 Å². The second-order valence-electron chi connectivity index (χ2n) is 6.72. The van der Waals surface area contributed by atoms with E-state index in [1.54, 1.807) is 0 Å². The minimum atomic E-state index is 0.0495. The number of nitrogens with two attached hydrogens (primary N) is 1. The van der Waals surface area contributed by atoms with Gasteiger partial charge in [-0.1, -0.05) is 32.9 Å². The summed E-state index contributed by atoms with van der Waals surface area (Å²) in [6.45, 7) is 8.55. The highest BCUT2D eigenvalue weighted by molar-refractivity contribution is 5.92. The fraction of sp³-hybridized carbons (Fsp3) is 0.611. The van der Waals surface area contributed by atoms with Gasteiger partial charge in [-0.15, -0.1) is 0 Å². The van der Waals surface area contributed by atoms with Crippen molar-refractivity contribution in [3.8, 4) is 0 Å². The second-order valence-corrected chi connectivity index (χ2v) is 6.72. The van der Waals surface area contributed by atoms with Crippen LogP contribution in [0, 0.1) is 5.92 Å². The van der Waals surface area contributed by atoms with E-state index in [9.17, 15) is 4.79 Å². The van der Waals surface area contributed by atoms with Crippen molar-refractivity contribution in [2.75, 3.05) is 25.0 Å². The van der Waals surface area contributed by atoms with Crippen molar-refractivity contribution in [3.05, 3.63) is 29.8 Å². The highest BCUT2D eigenvalue weighted by Crippen LogP contribution is 2.23. The van der Waals surface area contributed by atoms with Crippen LogP contribution in [0.2, 0.25) is 0 Å². The zero-order valence-corrected chi connectivity index (χ0v) is 14.0. The lowest BCUT2D eigenvalue weighted by atomic mass is 9.91. The van der Waals surface area contributed by atoms with E-state index < -0.39 is 0 Å². The van der Waals surface area contributed by atoms with E-state index in [4.69, 9.17) is 5.73 Å². The van der Waals surface area contributed by atoms with Gasteiger partial charge < -0.3 is 11.1 Å². The number of nitrogens with zero attached hydrogens (tertiary/aromatic N) is 1. The molecule has 0 spiro atoms. The molecule has 0 aliphatic carbocycles. The highest BCUT2D eigenvalue weighted by Gasteiger charge is 2.28. The summed E-state index contributed by atoms with van der Waals surface area (Å²) in [5, 5.41) is 3.02. The molecule has 2 rings (SSSR count). The average Bonchev–Trinajstić information content (AvgIpc) is 2.47. The van der Waals surface area contributed by atoms with Crippen LogP contribution in [0.15, 0.2) is 24.3 Å². The smallest absolute Gasteiger partial charge is 0.238 e. The molecule has 3 N–H and O–H groups in total. The average molecular weight is 303 g/mol. The summed E-state index contributed by atoms with van der Waals surface area (Å²) in [6.07, 6.45) is 2.35. The number of likely N-dealkylation sites (tertiary alicyclic amines) is 1. The molecule has 2 unspecified atom stereocenters. The summed E-state index contributed by atoms with van der Waals surface area (Å²) < 4.78 is 0. The number of hydrogen-bond donors (Lipinski definition) is 2.